The number of nitrogens with one attached hydrogen (secondary N) is 1. The Kier molecular flexibility index (Phi) is 6.03. The maximum absolute atomic E-state index is 12.8. The zero-order chi connectivity index (χ0) is 21.2. The van der Waals surface area contributed by atoms with Gasteiger partial charge >= 0.3 is 0 Å². The van der Waals surface area contributed by atoms with Gasteiger partial charge in [0.05, 0.1) is 30.3 Å². The summed E-state index contributed by atoms with van der Waals surface area (Å²) >= 11 is 0. The van der Waals surface area contributed by atoms with Crippen molar-refractivity contribution in [2.45, 2.75) is 45.6 Å². The van der Waals surface area contributed by atoms with E-state index >= 15 is 0 Å². The molecule has 0 saturated carbocycles. The van der Waals surface area contributed by atoms with Gasteiger partial charge in [-0.2, -0.15) is 0 Å². The van der Waals surface area contributed by atoms with Gasteiger partial charge in [0.15, 0.2) is 5.78 Å². The summed E-state index contributed by atoms with van der Waals surface area (Å²) in [5, 5.41) is 2.91. The third kappa shape index (κ3) is 4.48. The first-order valence-electron chi connectivity index (χ1n) is 9.95. The highest BCUT2D eigenvalue weighted by Crippen LogP contribution is 2.32. The fourth-order valence-corrected chi connectivity index (χ4v) is 4.04. The summed E-state index contributed by atoms with van der Waals surface area (Å²) in [6, 6.07) is 6.93. The molecule has 6 heteroatoms. The Bertz CT molecular complexity index is 937. The molecule has 1 amide bonds. The van der Waals surface area contributed by atoms with Crippen molar-refractivity contribution < 1.29 is 14.3 Å². The summed E-state index contributed by atoms with van der Waals surface area (Å²) < 4.78 is 5.29. The topological polar surface area (TPSA) is 71.5 Å². The predicted octanol–water partition coefficient (Wildman–Crippen LogP) is 4.05. The van der Waals surface area contributed by atoms with Gasteiger partial charge in [0.1, 0.15) is 5.75 Å². The zero-order valence-electron chi connectivity index (χ0n) is 17.8. The number of rotatable bonds is 6. The van der Waals surface area contributed by atoms with E-state index in [1.165, 1.54) is 7.11 Å². The number of hydrogen-bond acceptors (Lipinski definition) is 5. The number of aromatic nitrogens is 1. The lowest BCUT2D eigenvalue weighted by Gasteiger charge is -2.37. The molecule has 0 saturated heterocycles. The minimum absolute atomic E-state index is 0.0280. The number of hydrogen-bond donors (Lipinski definition) is 1. The highest BCUT2D eigenvalue weighted by atomic mass is 16.5. The molecule has 0 spiro atoms. The Hall–Kier alpha value is -2.73. The smallest absolute Gasteiger partial charge is 0.255 e. The number of ketones is 1. The number of likely N-dealkylation sites (N-methyl/N-ethyl adjacent to an activating group) is 1. The monoisotopic (exact) mass is 395 g/mol. The molecule has 6 nitrogen and oxygen atoms in total. The quantitative estimate of drug-likeness (QED) is 0.747. The number of carbonyl (C=O) groups excluding carboxylic acids is 2. The molecule has 0 aliphatic carbocycles. The van der Waals surface area contributed by atoms with Crippen LogP contribution in [0.3, 0.4) is 0 Å². The van der Waals surface area contributed by atoms with Crippen LogP contribution in [-0.4, -0.2) is 42.3 Å². The fraction of sp³-hybridized carbons (Fsp3) is 0.435. The molecule has 1 N–H and O–H groups in total. The van der Waals surface area contributed by atoms with E-state index < -0.39 is 0 Å². The Morgan fingerprint density at radius 3 is 2.72 bits per heavy atom. The van der Waals surface area contributed by atoms with Crippen molar-refractivity contribution in [3.63, 3.8) is 0 Å². The van der Waals surface area contributed by atoms with Crippen LogP contribution in [0.5, 0.6) is 5.75 Å². The number of fused-ring (bicyclic) bond motifs is 1. The normalized spacial score (nSPS) is 15.5. The van der Waals surface area contributed by atoms with E-state index in [9.17, 15) is 9.59 Å². The molecule has 0 radical (unpaired) electrons. The van der Waals surface area contributed by atoms with Crippen LogP contribution in [0.25, 0.3) is 0 Å². The maximum atomic E-state index is 12.8. The van der Waals surface area contributed by atoms with E-state index in [0.29, 0.717) is 29.0 Å². The van der Waals surface area contributed by atoms with Crippen molar-refractivity contribution in [3.8, 4) is 5.75 Å². The summed E-state index contributed by atoms with van der Waals surface area (Å²) in [7, 11) is 3.61. The van der Waals surface area contributed by atoms with Gasteiger partial charge < -0.3 is 15.0 Å². The van der Waals surface area contributed by atoms with E-state index in [2.05, 4.69) is 36.1 Å². The third-order valence-corrected chi connectivity index (χ3v) is 5.21. The van der Waals surface area contributed by atoms with Crippen LogP contribution >= 0.6 is 0 Å². The average Bonchev–Trinajstić information content (AvgIpc) is 2.66. The number of Topliss-reactive ketones (excluding diaryl/α,β-unsaturated/α-hetero) is 1. The van der Waals surface area contributed by atoms with Gasteiger partial charge in [0.2, 0.25) is 0 Å². The van der Waals surface area contributed by atoms with Crippen LogP contribution in [0.4, 0.5) is 5.69 Å². The van der Waals surface area contributed by atoms with Crippen LogP contribution in [0.1, 0.15) is 65.6 Å². The SMILES string of the molecule is CCCC(=O)c1cc(C(=O)Nc2cnc3c(c2)CN(C)CC3(C)C)ccc1OC. The van der Waals surface area contributed by atoms with Crippen LogP contribution in [0, 0.1) is 0 Å². The zero-order valence-corrected chi connectivity index (χ0v) is 17.8. The number of carbonyl (C=O) groups is 2. The standard InChI is InChI=1S/C23H29N3O3/c1-6-7-19(27)18-11-15(8-9-20(18)29-5)22(28)25-17-10-16-13-26(4)14-23(2,3)21(16)24-12-17/h8-12H,6-7,13-14H2,1-5H3,(H,25,28). The van der Waals surface area contributed by atoms with Crippen molar-refractivity contribution in [2.75, 3.05) is 26.0 Å². The Labute approximate surface area is 172 Å². The first-order chi connectivity index (χ1) is 13.7. The van der Waals surface area contributed by atoms with E-state index in [1.807, 2.05) is 13.0 Å². The summed E-state index contributed by atoms with van der Waals surface area (Å²) in [6.45, 7) is 8.05. The van der Waals surface area contributed by atoms with E-state index in [0.717, 1.165) is 30.8 Å². The molecule has 2 aromatic rings. The van der Waals surface area contributed by atoms with Crippen LogP contribution in [0.2, 0.25) is 0 Å². The number of anilines is 1. The molecule has 0 unspecified atom stereocenters. The number of ether oxygens (including phenoxy) is 1. The van der Waals surface area contributed by atoms with Gasteiger partial charge in [-0.3, -0.25) is 14.6 Å². The van der Waals surface area contributed by atoms with Crippen LogP contribution in [0.15, 0.2) is 30.5 Å². The van der Waals surface area contributed by atoms with Crippen molar-refractivity contribution >= 4 is 17.4 Å². The second-order valence-electron chi connectivity index (χ2n) is 8.33. The van der Waals surface area contributed by atoms with Crippen molar-refractivity contribution in [1.82, 2.24) is 9.88 Å². The van der Waals surface area contributed by atoms with Gasteiger partial charge in [-0.05, 0) is 43.3 Å². The third-order valence-electron chi connectivity index (χ3n) is 5.21. The molecular weight excluding hydrogens is 366 g/mol. The molecule has 2 heterocycles. The summed E-state index contributed by atoms with van der Waals surface area (Å²) in [5.41, 5.74) is 3.67. The average molecular weight is 396 g/mol. The van der Waals surface area contributed by atoms with Crippen molar-refractivity contribution in [2.24, 2.45) is 0 Å². The number of nitrogens with zero attached hydrogens (tertiary/aromatic N) is 2. The number of amides is 1. The predicted molar refractivity (Wildman–Crippen MR) is 114 cm³/mol. The van der Waals surface area contributed by atoms with Gasteiger partial charge in [-0.25, -0.2) is 0 Å². The van der Waals surface area contributed by atoms with Crippen molar-refractivity contribution in [1.29, 1.82) is 0 Å². The Morgan fingerprint density at radius 1 is 1.28 bits per heavy atom. The molecule has 0 fully saturated rings. The highest BCUT2D eigenvalue weighted by Gasteiger charge is 2.31. The van der Waals surface area contributed by atoms with E-state index in [-0.39, 0.29) is 17.1 Å². The molecule has 154 valence electrons. The lowest BCUT2D eigenvalue weighted by molar-refractivity contribution is 0.0978. The first kappa shape index (κ1) is 21.0. The molecular formula is C23H29N3O3. The number of methoxy groups -OCH3 is 1. The first-order valence-corrected chi connectivity index (χ1v) is 9.95. The maximum Gasteiger partial charge on any atom is 0.255 e. The number of pyridine rings is 1. The minimum atomic E-state index is -0.275. The van der Waals surface area contributed by atoms with E-state index in [4.69, 9.17) is 4.74 Å². The van der Waals surface area contributed by atoms with Gasteiger partial charge in [-0.1, -0.05) is 20.8 Å². The molecule has 0 atom stereocenters. The summed E-state index contributed by atoms with van der Waals surface area (Å²) in [5.74, 6) is 0.184. The van der Waals surface area contributed by atoms with Gasteiger partial charge in [0.25, 0.3) is 5.91 Å². The lowest BCUT2D eigenvalue weighted by atomic mass is 9.82. The second kappa shape index (κ2) is 8.33. The van der Waals surface area contributed by atoms with Gasteiger partial charge in [0, 0.05) is 30.5 Å². The molecule has 29 heavy (non-hydrogen) atoms. The fourth-order valence-electron chi connectivity index (χ4n) is 4.04. The molecule has 0 bridgehead atoms. The summed E-state index contributed by atoms with van der Waals surface area (Å²) in [4.78, 5) is 32.1. The largest absolute Gasteiger partial charge is 0.496 e. The Balaban J connectivity index is 1.85. The van der Waals surface area contributed by atoms with Crippen LogP contribution < -0.4 is 10.1 Å². The second-order valence-corrected chi connectivity index (χ2v) is 8.33. The Morgan fingerprint density at radius 2 is 2.03 bits per heavy atom. The summed E-state index contributed by atoms with van der Waals surface area (Å²) in [6.07, 6.45) is 2.86. The lowest BCUT2D eigenvalue weighted by Crippen LogP contribution is -2.40. The molecule has 1 aromatic heterocycles. The molecule has 3 rings (SSSR count). The van der Waals surface area contributed by atoms with Crippen molar-refractivity contribution in [3.05, 3.63) is 52.8 Å². The van der Waals surface area contributed by atoms with E-state index in [1.54, 1.807) is 24.4 Å². The number of benzene rings is 1. The minimum Gasteiger partial charge on any atom is -0.496 e. The molecule has 1 aliphatic rings. The molecule has 1 aliphatic heterocycles. The van der Waals surface area contributed by atoms with Crippen LogP contribution in [-0.2, 0) is 12.0 Å². The van der Waals surface area contributed by atoms with Gasteiger partial charge in [-0.15, -0.1) is 0 Å². The molecule has 1 aromatic carbocycles. The highest BCUT2D eigenvalue weighted by molar-refractivity contribution is 6.07.